The van der Waals surface area contributed by atoms with E-state index in [2.05, 4.69) is 36.3 Å². The summed E-state index contributed by atoms with van der Waals surface area (Å²) in [5, 5.41) is 25.1. The van der Waals surface area contributed by atoms with Crippen molar-refractivity contribution in [2.45, 2.75) is 49.9 Å². The van der Waals surface area contributed by atoms with Gasteiger partial charge in [0.25, 0.3) is 0 Å². The number of benzene rings is 1. The Morgan fingerprint density at radius 1 is 0.927 bits per heavy atom. The summed E-state index contributed by atoms with van der Waals surface area (Å²) < 4.78 is 22.2. The Morgan fingerprint density at radius 3 is 2.34 bits per heavy atom. The lowest BCUT2D eigenvalue weighted by Crippen LogP contribution is -2.36. The number of nitrogens with zero attached hydrogens (tertiary/aromatic N) is 4. The van der Waals surface area contributed by atoms with Gasteiger partial charge in [-0.05, 0) is 44.0 Å². The van der Waals surface area contributed by atoms with Crippen LogP contribution in [0.15, 0.2) is 24.3 Å². The molecule has 2 saturated heterocycles. The van der Waals surface area contributed by atoms with E-state index in [9.17, 15) is 9.59 Å². The van der Waals surface area contributed by atoms with Crippen LogP contribution in [0, 0.1) is 6.92 Å². The number of aryl methyl sites for hydroxylation is 1. The van der Waals surface area contributed by atoms with Crippen molar-refractivity contribution in [3.05, 3.63) is 30.1 Å². The van der Waals surface area contributed by atoms with Gasteiger partial charge in [-0.1, -0.05) is 6.42 Å². The molecule has 3 amide bonds. The zero-order chi connectivity index (χ0) is 28.7. The molecule has 14 heteroatoms. The number of urea groups is 1. The van der Waals surface area contributed by atoms with Crippen molar-refractivity contribution in [3.63, 3.8) is 0 Å². The van der Waals surface area contributed by atoms with E-state index < -0.39 is 0 Å². The molecule has 2 fully saturated rings. The van der Waals surface area contributed by atoms with Gasteiger partial charge < -0.3 is 34.9 Å². The van der Waals surface area contributed by atoms with Crippen molar-refractivity contribution in [3.8, 4) is 17.1 Å². The molecule has 2 aliphatic rings. The summed E-state index contributed by atoms with van der Waals surface area (Å²) in [5.41, 5.74) is 0.818. The third kappa shape index (κ3) is 10.7. The van der Waals surface area contributed by atoms with Crippen LogP contribution in [0.3, 0.4) is 0 Å². The van der Waals surface area contributed by atoms with E-state index in [-0.39, 0.29) is 24.0 Å². The minimum atomic E-state index is -0.0590. The zero-order valence-corrected chi connectivity index (χ0v) is 24.2. The van der Waals surface area contributed by atoms with Crippen molar-refractivity contribution in [2.24, 2.45) is 0 Å². The summed E-state index contributed by atoms with van der Waals surface area (Å²) in [7, 11) is 0. The van der Waals surface area contributed by atoms with Gasteiger partial charge in [-0.25, -0.2) is 4.79 Å². The van der Waals surface area contributed by atoms with Gasteiger partial charge in [0, 0.05) is 29.5 Å². The van der Waals surface area contributed by atoms with Gasteiger partial charge >= 0.3 is 6.03 Å². The number of hydrogen-bond donors (Lipinski definition) is 3. The fraction of sp³-hybridized carbons (Fsp3) is 0.630. The van der Waals surface area contributed by atoms with Gasteiger partial charge in [-0.3, -0.25) is 4.79 Å². The van der Waals surface area contributed by atoms with E-state index in [1.807, 2.05) is 36.0 Å². The molecule has 2 aromatic rings. The Kier molecular flexibility index (Phi) is 12.8. The number of carbonyl (C=O) groups is 2. The number of thioether (sulfide) groups is 1. The molecule has 224 valence electrons. The number of ether oxygens (including phenoxy) is 4. The molecule has 3 atom stereocenters. The van der Waals surface area contributed by atoms with E-state index >= 15 is 0 Å². The lowest BCUT2D eigenvalue weighted by Gasteiger charge is -2.16. The number of fused-ring (bicyclic) bond motifs is 1. The highest BCUT2D eigenvalue weighted by Gasteiger charge is 2.42. The molecule has 1 aromatic heterocycles. The fourth-order valence-electron chi connectivity index (χ4n) is 4.48. The number of aromatic nitrogens is 4. The van der Waals surface area contributed by atoms with Crippen LogP contribution in [0.25, 0.3) is 11.4 Å². The summed E-state index contributed by atoms with van der Waals surface area (Å²) >= 11 is 1.90. The maximum absolute atomic E-state index is 12.0. The van der Waals surface area contributed by atoms with Crippen LogP contribution in [0.5, 0.6) is 5.75 Å². The summed E-state index contributed by atoms with van der Waals surface area (Å²) in [6, 6.07) is 7.82. The molecule has 4 rings (SSSR count). The monoisotopic (exact) mass is 589 g/mol. The Balaban J connectivity index is 0.891. The Labute approximate surface area is 244 Å². The average Bonchev–Trinajstić information content (AvgIpc) is 3.53. The summed E-state index contributed by atoms with van der Waals surface area (Å²) in [6.07, 6.45) is 3.35. The van der Waals surface area contributed by atoms with Crippen LogP contribution in [-0.2, 0) is 19.0 Å². The molecular formula is C27H39N7O6S. The fourth-order valence-corrected chi connectivity index (χ4v) is 6.02. The highest BCUT2D eigenvalue weighted by atomic mass is 32.2. The number of carbonyl (C=O) groups excluding carboxylic acids is 2. The van der Waals surface area contributed by atoms with Crippen LogP contribution in [0.1, 0.15) is 31.5 Å². The minimum absolute atomic E-state index is 0.0442. The Hall–Kier alpha value is -3.07. The second-order valence-corrected chi connectivity index (χ2v) is 11.0. The van der Waals surface area contributed by atoms with Gasteiger partial charge in [0.1, 0.15) is 12.4 Å². The quantitative estimate of drug-likeness (QED) is 0.161. The molecule has 1 unspecified atom stereocenters. The first kappa shape index (κ1) is 30.9. The third-order valence-electron chi connectivity index (χ3n) is 6.58. The van der Waals surface area contributed by atoms with E-state index in [1.54, 1.807) is 6.92 Å². The molecule has 0 spiro atoms. The largest absolute Gasteiger partial charge is 0.491 e. The van der Waals surface area contributed by atoms with Crippen LogP contribution in [0.2, 0.25) is 0 Å². The second-order valence-electron chi connectivity index (χ2n) is 9.70. The molecule has 2 aliphatic heterocycles. The molecular weight excluding hydrogens is 550 g/mol. The molecule has 0 saturated carbocycles. The zero-order valence-electron chi connectivity index (χ0n) is 23.4. The van der Waals surface area contributed by atoms with Crippen LogP contribution >= 0.6 is 11.8 Å². The second kappa shape index (κ2) is 17.0. The van der Waals surface area contributed by atoms with E-state index in [4.69, 9.17) is 18.9 Å². The van der Waals surface area contributed by atoms with Crippen LogP contribution in [-0.4, -0.2) is 108 Å². The van der Waals surface area contributed by atoms with Gasteiger partial charge in [-0.2, -0.15) is 11.8 Å². The maximum atomic E-state index is 12.0. The van der Waals surface area contributed by atoms with Crippen LogP contribution < -0.4 is 20.7 Å². The predicted octanol–water partition coefficient (Wildman–Crippen LogP) is 1.51. The molecule has 0 bridgehead atoms. The number of amides is 3. The standard InChI is InChI=1S/C27H39N7O6S/c1-19-31-33-26(34-32-19)20-6-8-21(9-7-20)40-17-16-39-15-14-38-13-12-37-11-10-28-24(35)5-3-2-4-23-25-22(18-41-23)29-27(36)30-25/h6-9,22-23,25H,2-5,10-18H2,1H3,(H,28,35)(H2,29,30,36)/t22-,23?,25-/m0/s1. The maximum Gasteiger partial charge on any atom is 0.315 e. The molecule has 0 aliphatic carbocycles. The van der Waals surface area contributed by atoms with Gasteiger partial charge in [0.2, 0.25) is 11.7 Å². The topological polar surface area (TPSA) is 159 Å². The van der Waals surface area contributed by atoms with Gasteiger partial charge in [-0.15, -0.1) is 20.4 Å². The number of rotatable bonds is 19. The molecule has 3 heterocycles. The highest BCUT2D eigenvalue weighted by molar-refractivity contribution is 8.00. The van der Waals surface area contributed by atoms with Crippen molar-refractivity contribution in [2.75, 3.05) is 58.5 Å². The Bertz CT molecular complexity index is 1080. The average molecular weight is 590 g/mol. The van der Waals surface area contributed by atoms with Crippen molar-refractivity contribution in [1.29, 1.82) is 0 Å². The smallest absolute Gasteiger partial charge is 0.315 e. The van der Waals surface area contributed by atoms with Gasteiger partial charge in [0.05, 0.1) is 51.7 Å². The molecule has 3 N–H and O–H groups in total. The first-order chi connectivity index (χ1) is 20.1. The van der Waals surface area contributed by atoms with Crippen LogP contribution in [0.4, 0.5) is 4.79 Å². The normalized spacial score (nSPS) is 19.4. The summed E-state index contributed by atoms with van der Waals surface area (Å²) in [4.78, 5) is 23.5. The van der Waals surface area contributed by atoms with Crippen molar-refractivity contribution >= 4 is 23.7 Å². The third-order valence-corrected chi connectivity index (χ3v) is 8.09. The first-order valence-electron chi connectivity index (χ1n) is 14.0. The molecule has 13 nitrogen and oxygen atoms in total. The lowest BCUT2D eigenvalue weighted by atomic mass is 10.0. The van der Waals surface area contributed by atoms with E-state index in [1.165, 1.54) is 0 Å². The number of nitrogens with one attached hydrogen (secondary N) is 3. The number of hydrogen-bond acceptors (Lipinski definition) is 11. The van der Waals surface area contributed by atoms with Crippen molar-refractivity contribution < 1.29 is 28.5 Å². The number of unbranched alkanes of at least 4 members (excludes halogenated alkanes) is 1. The lowest BCUT2D eigenvalue weighted by molar-refractivity contribution is -0.121. The summed E-state index contributed by atoms with van der Waals surface area (Å²) in [5.74, 6) is 2.73. The molecule has 41 heavy (non-hydrogen) atoms. The van der Waals surface area contributed by atoms with E-state index in [0.717, 1.165) is 36.3 Å². The molecule has 0 radical (unpaired) electrons. The van der Waals surface area contributed by atoms with Gasteiger partial charge in [0.15, 0.2) is 5.82 Å². The predicted molar refractivity (Wildman–Crippen MR) is 153 cm³/mol. The van der Waals surface area contributed by atoms with Crippen molar-refractivity contribution in [1.82, 2.24) is 36.3 Å². The minimum Gasteiger partial charge on any atom is -0.491 e. The summed E-state index contributed by atoms with van der Waals surface area (Å²) in [6.45, 7) is 5.41. The first-order valence-corrected chi connectivity index (χ1v) is 15.1. The highest BCUT2D eigenvalue weighted by Crippen LogP contribution is 2.33. The van der Waals surface area contributed by atoms with E-state index in [0.29, 0.717) is 76.1 Å². The molecule has 1 aromatic carbocycles. The Morgan fingerprint density at radius 2 is 1.61 bits per heavy atom. The SMILES string of the molecule is Cc1nnc(-c2ccc(OCCOCCOCCOCCNC(=O)CCCCC3SC[C@@H]4NC(=O)N[C@H]34)cc2)nn1.